The number of carbonyl (C=O) groups excluding carboxylic acids is 2. The van der Waals surface area contributed by atoms with Crippen LogP contribution >= 0.6 is 0 Å². The van der Waals surface area contributed by atoms with Crippen LogP contribution in [0.25, 0.3) is 0 Å². The van der Waals surface area contributed by atoms with Crippen LogP contribution in [-0.2, 0) is 4.79 Å². The molecule has 0 radical (unpaired) electrons. The molecule has 0 bridgehead atoms. The molecule has 1 atom stereocenters. The van der Waals surface area contributed by atoms with E-state index in [9.17, 15) is 9.59 Å². The summed E-state index contributed by atoms with van der Waals surface area (Å²) in [6.45, 7) is 6.46. The van der Waals surface area contributed by atoms with Crippen molar-refractivity contribution in [1.82, 2.24) is 10.6 Å². The van der Waals surface area contributed by atoms with Gasteiger partial charge in [0, 0.05) is 18.3 Å². The number of anilines is 1. The summed E-state index contributed by atoms with van der Waals surface area (Å²) in [6, 6.07) is 6.81. The van der Waals surface area contributed by atoms with Crippen LogP contribution in [0.15, 0.2) is 24.3 Å². The van der Waals surface area contributed by atoms with Crippen molar-refractivity contribution in [3.05, 3.63) is 29.8 Å². The molecular formula is C15H24N4O2. The fourth-order valence-electron chi connectivity index (χ4n) is 1.59. The molecule has 1 aromatic carbocycles. The fraction of sp³-hybridized carbons (Fsp3) is 0.467. The van der Waals surface area contributed by atoms with Crippen LogP contribution in [0.1, 0.15) is 32.4 Å². The molecule has 0 fully saturated rings. The molecule has 6 nitrogen and oxygen atoms in total. The highest BCUT2D eigenvalue weighted by Crippen LogP contribution is 2.13. The molecule has 1 unspecified atom stereocenters. The van der Waals surface area contributed by atoms with Crippen LogP contribution in [0, 0.1) is 5.92 Å². The van der Waals surface area contributed by atoms with Gasteiger partial charge in [-0.05, 0) is 30.5 Å². The van der Waals surface area contributed by atoms with E-state index in [1.54, 1.807) is 12.1 Å². The van der Waals surface area contributed by atoms with Crippen molar-refractivity contribution in [3.63, 3.8) is 0 Å². The van der Waals surface area contributed by atoms with E-state index >= 15 is 0 Å². The molecule has 0 aliphatic carbocycles. The maximum atomic E-state index is 11.6. The normalized spacial score (nSPS) is 11.9. The predicted molar refractivity (Wildman–Crippen MR) is 83.9 cm³/mol. The summed E-state index contributed by atoms with van der Waals surface area (Å²) < 4.78 is 0. The lowest BCUT2D eigenvalue weighted by atomic mass is 10.1. The average molecular weight is 292 g/mol. The lowest BCUT2D eigenvalue weighted by Gasteiger charge is -2.10. The van der Waals surface area contributed by atoms with Crippen LogP contribution < -0.4 is 21.7 Å². The number of urea groups is 1. The Labute approximate surface area is 125 Å². The Morgan fingerprint density at radius 1 is 1.10 bits per heavy atom. The zero-order valence-corrected chi connectivity index (χ0v) is 12.8. The molecule has 0 saturated carbocycles. The Bertz CT molecular complexity index is 469. The van der Waals surface area contributed by atoms with Crippen molar-refractivity contribution in [2.45, 2.75) is 26.8 Å². The van der Waals surface area contributed by atoms with Crippen LogP contribution in [0.4, 0.5) is 10.5 Å². The van der Waals surface area contributed by atoms with E-state index in [4.69, 9.17) is 5.73 Å². The number of hydrogen-bond acceptors (Lipinski definition) is 3. The number of nitrogens with one attached hydrogen (secondary N) is 3. The molecule has 0 saturated heterocycles. The van der Waals surface area contributed by atoms with Crippen LogP contribution in [0.3, 0.4) is 0 Å². The summed E-state index contributed by atoms with van der Waals surface area (Å²) in [5.74, 6) is 0.178. The third-order valence-electron chi connectivity index (χ3n) is 2.81. The Morgan fingerprint density at radius 2 is 1.71 bits per heavy atom. The minimum absolute atomic E-state index is 0.0440. The number of hydrogen-bond donors (Lipinski definition) is 4. The Balaban J connectivity index is 2.35. The second-order valence-electron chi connectivity index (χ2n) is 5.42. The minimum atomic E-state index is -0.414. The number of carbonyl (C=O) groups is 2. The zero-order chi connectivity index (χ0) is 15.8. The van der Waals surface area contributed by atoms with E-state index in [1.165, 1.54) is 0 Å². The lowest BCUT2D eigenvalue weighted by molar-refractivity contribution is -0.120. The van der Waals surface area contributed by atoms with E-state index in [0.29, 0.717) is 18.2 Å². The topological polar surface area (TPSA) is 96.2 Å². The van der Waals surface area contributed by atoms with Crippen LogP contribution in [0.2, 0.25) is 0 Å². The van der Waals surface area contributed by atoms with Gasteiger partial charge in [0.2, 0.25) is 5.91 Å². The summed E-state index contributed by atoms with van der Waals surface area (Å²) in [5, 5.41) is 7.89. The van der Waals surface area contributed by atoms with Gasteiger partial charge < -0.3 is 21.7 Å². The van der Waals surface area contributed by atoms with Crippen LogP contribution in [0.5, 0.6) is 0 Å². The molecule has 21 heavy (non-hydrogen) atoms. The molecule has 6 heteroatoms. The monoisotopic (exact) mass is 292 g/mol. The first-order valence-electron chi connectivity index (χ1n) is 7.05. The first-order valence-corrected chi connectivity index (χ1v) is 7.05. The summed E-state index contributed by atoms with van der Waals surface area (Å²) >= 11 is 0. The summed E-state index contributed by atoms with van der Waals surface area (Å²) in [4.78, 5) is 23.1. The zero-order valence-electron chi connectivity index (χ0n) is 12.8. The number of nitrogens with two attached hydrogens (primary N) is 1. The third-order valence-corrected chi connectivity index (χ3v) is 2.81. The van der Waals surface area contributed by atoms with E-state index < -0.39 is 6.03 Å². The second kappa shape index (κ2) is 8.26. The summed E-state index contributed by atoms with van der Waals surface area (Å²) in [6.07, 6.45) is 0. The molecule has 0 aliphatic heterocycles. The van der Waals surface area contributed by atoms with Crippen molar-refractivity contribution in [2.24, 2.45) is 11.7 Å². The van der Waals surface area contributed by atoms with Gasteiger partial charge in [-0.1, -0.05) is 26.0 Å². The molecule has 5 N–H and O–H groups in total. The maximum Gasteiger partial charge on any atom is 0.319 e. The Hall–Kier alpha value is -2.08. The fourth-order valence-corrected chi connectivity index (χ4v) is 1.59. The highest BCUT2D eigenvalue weighted by atomic mass is 16.2. The van der Waals surface area contributed by atoms with Crippen molar-refractivity contribution in [2.75, 3.05) is 18.4 Å². The van der Waals surface area contributed by atoms with E-state index in [-0.39, 0.29) is 18.5 Å². The molecule has 0 spiro atoms. The average Bonchev–Trinajstić information content (AvgIpc) is 2.43. The van der Waals surface area contributed by atoms with E-state index in [0.717, 1.165) is 5.56 Å². The third kappa shape index (κ3) is 6.76. The first-order chi connectivity index (χ1) is 9.88. The summed E-state index contributed by atoms with van der Waals surface area (Å²) in [5.41, 5.74) is 7.40. The SMILES string of the molecule is CC(C)CNC(=O)CNC(=O)Nc1ccc(C(C)N)cc1. The Kier molecular flexibility index (Phi) is 6.68. The van der Waals surface area contributed by atoms with Crippen molar-refractivity contribution in [3.8, 4) is 0 Å². The van der Waals surface area contributed by atoms with Gasteiger partial charge in [0.15, 0.2) is 0 Å². The molecule has 1 rings (SSSR count). The second-order valence-corrected chi connectivity index (χ2v) is 5.42. The van der Waals surface area contributed by atoms with Gasteiger partial charge in [-0.2, -0.15) is 0 Å². The van der Waals surface area contributed by atoms with Gasteiger partial charge >= 0.3 is 6.03 Å². The number of rotatable bonds is 6. The standard InChI is InChI=1S/C15H24N4O2/c1-10(2)8-17-14(20)9-18-15(21)19-13-6-4-12(5-7-13)11(3)16/h4-7,10-11H,8-9,16H2,1-3H3,(H,17,20)(H2,18,19,21). The maximum absolute atomic E-state index is 11.6. The summed E-state index contributed by atoms with van der Waals surface area (Å²) in [7, 11) is 0. The highest BCUT2D eigenvalue weighted by Gasteiger charge is 2.06. The molecule has 0 aliphatic rings. The van der Waals surface area contributed by atoms with Gasteiger partial charge in [-0.15, -0.1) is 0 Å². The lowest BCUT2D eigenvalue weighted by Crippen LogP contribution is -2.39. The molecule has 1 aromatic rings. The molecular weight excluding hydrogens is 268 g/mol. The molecule has 0 heterocycles. The Morgan fingerprint density at radius 3 is 2.24 bits per heavy atom. The largest absolute Gasteiger partial charge is 0.354 e. The minimum Gasteiger partial charge on any atom is -0.354 e. The molecule has 116 valence electrons. The van der Waals surface area contributed by atoms with Gasteiger partial charge in [0.25, 0.3) is 0 Å². The van der Waals surface area contributed by atoms with Gasteiger partial charge in [-0.3, -0.25) is 4.79 Å². The van der Waals surface area contributed by atoms with E-state index in [1.807, 2.05) is 32.9 Å². The first kappa shape index (κ1) is 17.0. The van der Waals surface area contributed by atoms with E-state index in [2.05, 4.69) is 16.0 Å². The number of benzene rings is 1. The van der Waals surface area contributed by atoms with Crippen LogP contribution in [-0.4, -0.2) is 25.0 Å². The molecule has 0 aromatic heterocycles. The van der Waals surface area contributed by atoms with Crippen molar-refractivity contribution < 1.29 is 9.59 Å². The predicted octanol–water partition coefficient (Wildman–Crippen LogP) is 1.60. The van der Waals surface area contributed by atoms with Gasteiger partial charge in [-0.25, -0.2) is 4.79 Å². The smallest absolute Gasteiger partial charge is 0.319 e. The van der Waals surface area contributed by atoms with Gasteiger partial charge in [0.1, 0.15) is 0 Å². The van der Waals surface area contributed by atoms with Crippen molar-refractivity contribution in [1.29, 1.82) is 0 Å². The quantitative estimate of drug-likeness (QED) is 0.641. The highest BCUT2D eigenvalue weighted by molar-refractivity contribution is 5.92. The molecule has 3 amide bonds. The van der Waals surface area contributed by atoms with Gasteiger partial charge in [0.05, 0.1) is 6.54 Å². The van der Waals surface area contributed by atoms with Crippen molar-refractivity contribution >= 4 is 17.6 Å². The number of amides is 3.